The summed E-state index contributed by atoms with van der Waals surface area (Å²) in [6.45, 7) is 4.12. The molecule has 35 heavy (non-hydrogen) atoms. The molecule has 4 rings (SSSR count). The molecule has 1 aliphatic rings. The van der Waals surface area contributed by atoms with E-state index < -0.39 is 11.6 Å². The van der Waals surface area contributed by atoms with Crippen LogP contribution in [0.3, 0.4) is 0 Å². The molecule has 0 aliphatic heterocycles. The van der Waals surface area contributed by atoms with Gasteiger partial charge in [-0.05, 0) is 78.8 Å². The van der Waals surface area contributed by atoms with Crippen LogP contribution in [0.1, 0.15) is 63.5 Å². The number of benzene rings is 3. The zero-order valence-electron chi connectivity index (χ0n) is 20.6. The Kier molecular flexibility index (Phi) is 8.28. The molecule has 0 N–H and O–H groups in total. The quantitative estimate of drug-likeness (QED) is 0.225. The fourth-order valence-electron chi connectivity index (χ4n) is 4.91. The summed E-state index contributed by atoms with van der Waals surface area (Å²) in [5, 5.41) is 0. The van der Waals surface area contributed by atoms with Crippen molar-refractivity contribution in [2.75, 3.05) is 0 Å². The van der Waals surface area contributed by atoms with Gasteiger partial charge in [-0.1, -0.05) is 86.5 Å². The highest BCUT2D eigenvalue weighted by Gasteiger charge is 2.17. The van der Waals surface area contributed by atoms with Crippen LogP contribution >= 0.6 is 0 Å². The largest absolute Gasteiger partial charge is 0.206 e. The predicted molar refractivity (Wildman–Crippen MR) is 141 cm³/mol. The summed E-state index contributed by atoms with van der Waals surface area (Å²) in [5.74, 6) is -1.29. The maximum Gasteiger partial charge on any atom is 0.166 e. The Bertz CT molecular complexity index is 1220. The highest BCUT2D eigenvalue weighted by atomic mass is 19.2. The van der Waals surface area contributed by atoms with Crippen LogP contribution in [0.15, 0.2) is 72.8 Å². The molecule has 3 heteroatoms. The minimum atomic E-state index is -0.820. The van der Waals surface area contributed by atoms with Gasteiger partial charge in [-0.2, -0.15) is 0 Å². The van der Waals surface area contributed by atoms with E-state index in [2.05, 4.69) is 25.2 Å². The first-order chi connectivity index (χ1) is 17.0. The molecule has 1 unspecified atom stereocenters. The summed E-state index contributed by atoms with van der Waals surface area (Å²) in [7, 11) is 0. The van der Waals surface area contributed by atoms with Crippen molar-refractivity contribution >= 4 is 5.57 Å². The van der Waals surface area contributed by atoms with Crippen LogP contribution in [0.2, 0.25) is 0 Å². The lowest BCUT2D eigenvalue weighted by atomic mass is 9.86. The molecule has 0 nitrogen and oxygen atoms in total. The monoisotopic (exact) mass is 474 g/mol. The van der Waals surface area contributed by atoms with Crippen molar-refractivity contribution in [1.29, 1.82) is 0 Å². The molecule has 3 aromatic rings. The lowest BCUT2D eigenvalue weighted by molar-refractivity contribution is 0.498. The molecule has 0 radical (unpaired) electrons. The van der Waals surface area contributed by atoms with Crippen LogP contribution in [0.5, 0.6) is 0 Å². The molecule has 182 valence electrons. The van der Waals surface area contributed by atoms with Gasteiger partial charge in [-0.3, -0.25) is 0 Å². The van der Waals surface area contributed by atoms with E-state index in [0.29, 0.717) is 34.6 Å². The van der Waals surface area contributed by atoms with Gasteiger partial charge in [-0.25, -0.2) is 13.2 Å². The van der Waals surface area contributed by atoms with Crippen LogP contribution in [0.4, 0.5) is 13.2 Å². The number of hydrogen-bond acceptors (Lipinski definition) is 0. The van der Waals surface area contributed by atoms with E-state index in [1.54, 1.807) is 42.5 Å². The molecular formula is C32H33F3. The molecule has 0 saturated carbocycles. The van der Waals surface area contributed by atoms with Crippen molar-refractivity contribution in [3.63, 3.8) is 0 Å². The molecule has 0 saturated heterocycles. The van der Waals surface area contributed by atoms with Gasteiger partial charge < -0.3 is 0 Å². The molecule has 3 aromatic carbocycles. The van der Waals surface area contributed by atoms with E-state index in [-0.39, 0.29) is 11.4 Å². The molecule has 0 aromatic heterocycles. The highest BCUT2D eigenvalue weighted by Crippen LogP contribution is 2.34. The van der Waals surface area contributed by atoms with Crippen LogP contribution in [-0.2, 0) is 6.42 Å². The Morgan fingerprint density at radius 3 is 2.14 bits per heavy atom. The average molecular weight is 475 g/mol. The van der Waals surface area contributed by atoms with Gasteiger partial charge in [0.25, 0.3) is 0 Å². The van der Waals surface area contributed by atoms with Crippen molar-refractivity contribution in [2.45, 2.75) is 58.8 Å². The highest BCUT2D eigenvalue weighted by molar-refractivity contribution is 5.74. The normalized spacial score (nSPS) is 16.0. The number of halogens is 3. The average Bonchev–Trinajstić information content (AvgIpc) is 2.88. The molecule has 1 aliphatic carbocycles. The van der Waals surface area contributed by atoms with Crippen LogP contribution in [-0.4, -0.2) is 0 Å². The van der Waals surface area contributed by atoms with Gasteiger partial charge in [-0.15, -0.1) is 0 Å². The minimum absolute atomic E-state index is 0.226. The van der Waals surface area contributed by atoms with Gasteiger partial charge in [0.05, 0.1) is 0 Å². The third kappa shape index (κ3) is 5.78. The van der Waals surface area contributed by atoms with Crippen LogP contribution < -0.4 is 0 Å². The predicted octanol–water partition coefficient (Wildman–Crippen LogP) is 9.93. The third-order valence-electron chi connectivity index (χ3n) is 6.97. The van der Waals surface area contributed by atoms with Gasteiger partial charge in [0, 0.05) is 11.1 Å². The Morgan fingerprint density at radius 2 is 1.51 bits per heavy atom. The van der Waals surface area contributed by atoms with Crippen LogP contribution in [0.25, 0.3) is 27.8 Å². The van der Waals surface area contributed by atoms with Crippen molar-refractivity contribution in [1.82, 2.24) is 0 Å². The summed E-state index contributed by atoms with van der Waals surface area (Å²) < 4.78 is 44.4. The molecule has 0 amide bonds. The van der Waals surface area contributed by atoms with E-state index in [4.69, 9.17) is 0 Å². The van der Waals surface area contributed by atoms with E-state index >= 15 is 4.39 Å². The molecular weight excluding hydrogens is 441 g/mol. The van der Waals surface area contributed by atoms with Gasteiger partial charge >= 0.3 is 0 Å². The fourth-order valence-corrected chi connectivity index (χ4v) is 4.91. The summed E-state index contributed by atoms with van der Waals surface area (Å²) in [6.07, 6.45) is 13.0. The van der Waals surface area contributed by atoms with Gasteiger partial charge in [0.2, 0.25) is 0 Å². The second-order valence-corrected chi connectivity index (χ2v) is 9.42. The molecule has 0 heterocycles. The van der Waals surface area contributed by atoms with Gasteiger partial charge in [0.15, 0.2) is 11.6 Å². The van der Waals surface area contributed by atoms with Crippen LogP contribution in [0, 0.1) is 23.4 Å². The fraction of sp³-hybridized carbons (Fsp3) is 0.312. The van der Waals surface area contributed by atoms with E-state index in [1.165, 1.54) is 5.57 Å². The van der Waals surface area contributed by atoms with E-state index in [9.17, 15) is 8.78 Å². The third-order valence-corrected chi connectivity index (χ3v) is 6.97. The maximum absolute atomic E-state index is 15.1. The number of rotatable bonds is 8. The summed E-state index contributed by atoms with van der Waals surface area (Å²) >= 11 is 0. The molecule has 0 bridgehead atoms. The SMILES string of the molecule is C/C=C/C1CC=C(c2ccc(-c3ccc(-c4ccc(CCCCC)c(F)c4F)cc3)c(F)c2)CC1. The lowest BCUT2D eigenvalue weighted by Crippen LogP contribution is -2.02. The first-order valence-corrected chi connectivity index (χ1v) is 12.7. The smallest absolute Gasteiger partial charge is 0.166 e. The first kappa shape index (κ1) is 25.0. The number of unbranched alkanes of at least 4 members (excludes halogenated alkanes) is 2. The topological polar surface area (TPSA) is 0 Å². The zero-order chi connectivity index (χ0) is 24.8. The summed E-state index contributed by atoms with van der Waals surface area (Å²) in [5.41, 5.74) is 4.56. The Morgan fingerprint density at radius 1 is 0.829 bits per heavy atom. The van der Waals surface area contributed by atoms with Crippen molar-refractivity contribution in [2.24, 2.45) is 5.92 Å². The summed E-state index contributed by atoms with van der Waals surface area (Å²) in [4.78, 5) is 0. The first-order valence-electron chi connectivity index (χ1n) is 12.7. The van der Waals surface area contributed by atoms with Crippen molar-refractivity contribution < 1.29 is 13.2 Å². The molecule has 0 spiro atoms. The number of hydrogen-bond donors (Lipinski definition) is 0. The zero-order valence-corrected chi connectivity index (χ0v) is 20.6. The van der Waals surface area contributed by atoms with Crippen molar-refractivity contribution in [3.8, 4) is 22.3 Å². The van der Waals surface area contributed by atoms with E-state index in [1.807, 2.05) is 19.1 Å². The number of aryl methyl sites for hydroxylation is 1. The Hall–Kier alpha value is -3.07. The minimum Gasteiger partial charge on any atom is -0.206 e. The Labute approximate surface area is 207 Å². The lowest BCUT2D eigenvalue weighted by Gasteiger charge is -2.20. The number of allylic oxidation sites excluding steroid dienone is 4. The van der Waals surface area contributed by atoms with Gasteiger partial charge in [0.1, 0.15) is 5.82 Å². The maximum atomic E-state index is 15.1. The molecule has 1 atom stereocenters. The second-order valence-electron chi connectivity index (χ2n) is 9.42. The van der Waals surface area contributed by atoms with Crippen molar-refractivity contribution in [3.05, 3.63) is 101 Å². The standard InChI is InChI=1S/C32H33F3/c1-3-5-6-8-26-17-20-29(32(35)31(26)34)25-15-13-24(14-16-25)28-19-18-27(21-30(28)33)23-11-9-22(7-4-2)10-12-23/h4,7,11,13-22H,3,5-6,8-10,12H2,1-2H3/b7-4+. The summed E-state index contributed by atoms with van der Waals surface area (Å²) in [6, 6.07) is 15.7. The second kappa shape index (κ2) is 11.6. The van der Waals surface area contributed by atoms with E-state index in [0.717, 1.165) is 44.1 Å². The Balaban J connectivity index is 1.52. The molecule has 0 fully saturated rings.